The first-order chi connectivity index (χ1) is 9.13. The molecule has 0 spiro atoms. The molecule has 0 amide bonds. The van der Waals surface area contributed by atoms with E-state index in [1.807, 2.05) is 36.6 Å². The second-order valence-corrected chi connectivity index (χ2v) is 5.32. The highest BCUT2D eigenvalue weighted by Crippen LogP contribution is 2.09. The van der Waals surface area contributed by atoms with E-state index < -0.39 is 5.97 Å². The molecule has 2 aromatic rings. The summed E-state index contributed by atoms with van der Waals surface area (Å²) in [5, 5.41) is 15.1. The Bertz CT molecular complexity index is 549. The largest absolute Gasteiger partial charge is 0.481 e. The van der Waals surface area contributed by atoms with Crippen molar-refractivity contribution in [3.05, 3.63) is 51.5 Å². The Kier molecular flexibility index (Phi) is 4.65. The lowest BCUT2D eigenvalue weighted by Crippen LogP contribution is -2.12. The zero-order chi connectivity index (χ0) is 13.7. The molecule has 0 atom stereocenters. The number of carboxylic acid groups (broad SMARTS) is 1. The third-order valence-corrected chi connectivity index (χ3v) is 3.62. The second kappa shape index (κ2) is 6.45. The number of benzene rings is 1. The van der Waals surface area contributed by atoms with E-state index in [0.29, 0.717) is 0 Å². The second-order valence-electron chi connectivity index (χ2n) is 4.37. The van der Waals surface area contributed by atoms with Gasteiger partial charge in [-0.05, 0) is 18.1 Å². The molecule has 1 aromatic carbocycles. The smallest absolute Gasteiger partial charge is 0.307 e. The van der Waals surface area contributed by atoms with Crippen LogP contribution in [0, 0.1) is 6.92 Å². The van der Waals surface area contributed by atoms with Gasteiger partial charge in [0.1, 0.15) is 5.01 Å². The molecular weight excluding hydrogens is 260 g/mol. The normalized spacial score (nSPS) is 10.6. The van der Waals surface area contributed by atoms with Crippen molar-refractivity contribution in [2.24, 2.45) is 0 Å². The fourth-order valence-corrected chi connectivity index (χ4v) is 2.49. The standard InChI is InChI=1S/C14H16N2O2S/c1-10-9-19-13(16-10)8-15-7-12-4-2-11(3-5-12)6-14(17)18/h2-5,9,15H,6-8H2,1H3,(H,17,18). The SMILES string of the molecule is Cc1csc(CNCc2ccc(CC(=O)O)cc2)n1. The fraction of sp³-hybridized carbons (Fsp3) is 0.286. The number of carboxylic acids is 1. The molecule has 0 radical (unpaired) electrons. The molecule has 1 aromatic heterocycles. The van der Waals surface area contributed by atoms with E-state index in [2.05, 4.69) is 10.3 Å². The molecule has 0 unspecified atom stereocenters. The lowest BCUT2D eigenvalue weighted by Gasteiger charge is -2.04. The minimum Gasteiger partial charge on any atom is -0.481 e. The lowest BCUT2D eigenvalue weighted by molar-refractivity contribution is -0.136. The quantitative estimate of drug-likeness (QED) is 0.850. The van der Waals surface area contributed by atoms with Crippen molar-refractivity contribution in [1.82, 2.24) is 10.3 Å². The predicted molar refractivity (Wildman–Crippen MR) is 75.2 cm³/mol. The van der Waals surface area contributed by atoms with Gasteiger partial charge in [0.2, 0.25) is 0 Å². The summed E-state index contributed by atoms with van der Waals surface area (Å²) in [4.78, 5) is 14.9. The molecule has 2 N–H and O–H groups in total. The molecule has 0 saturated carbocycles. The van der Waals surface area contributed by atoms with Gasteiger partial charge in [-0.25, -0.2) is 4.98 Å². The van der Waals surface area contributed by atoms with E-state index in [4.69, 9.17) is 5.11 Å². The molecule has 0 fully saturated rings. The monoisotopic (exact) mass is 276 g/mol. The third kappa shape index (κ3) is 4.46. The summed E-state index contributed by atoms with van der Waals surface area (Å²) >= 11 is 1.66. The molecule has 0 aliphatic carbocycles. The Hall–Kier alpha value is -1.72. The Morgan fingerprint density at radius 2 is 1.95 bits per heavy atom. The van der Waals surface area contributed by atoms with Crippen LogP contribution in [0.1, 0.15) is 21.8 Å². The Labute approximate surface area is 116 Å². The average Bonchev–Trinajstić information content (AvgIpc) is 2.77. The molecule has 0 aliphatic rings. The molecule has 0 aliphatic heterocycles. The van der Waals surface area contributed by atoms with Crippen LogP contribution in [0.4, 0.5) is 0 Å². The summed E-state index contributed by atoms with van der Waals surface area (Å²) in [6.45, 7) is 3.50. The summed E-state index contributed by atoms with van der Waals surface area (Å²) in [6, 6.07) is 7.63. The van der Waals surface area contributed by atoms with Crippen molar-refractivity contribution in [2.75, 3.05) is 0 Å². The summed E-state index contributed by atoms with van der Waals surface area (Å²) in [5.74, 6) is -0.801. The van der Waals surface area contributed by atoms with Crippen LogP contribution in [0.25, 0.3) is 0 Å². The summed E-state index contributed by atoms with van der Waals surface area (Å²) < 4.78 is 0. The fourth-order valence-electron chi connectivity index (χ4n) is 1.75. The van der Waals surface area contributed by atoms with E-state index in [-0.39, 0.29) is 6.42 Å². The van der Waals surface area contributed by atoms with Crippen LogP contribution in [-0.4, -0.2) is 16.1 Å². The van der Waals surface area contributed by atoms with Crippen molar-refractivity contribution in [3.63, 3.8) is 0 Å². The van der Waals surface area contributed by atoms with Gasteiger partial charge in [-0.15, -0.1) is 11.3 Å². The predicted octanol–water partition coefficient (Wildman–Crippen LogP) is 2.37. The number of rotatable bonds is 6. The molecule has 100 valence electrons. The van der Waals surface area contributed by atoms with Crippen molar-refractivity contribution >= 4 is 17.3 Å². The Morgan fingerprint density at radius 3 is 2.53 bits per heavy atom. The van der Waals surface area contributed by atoms with Gasteiger partial charge in [0, 0.05) is 24.2 Å². The highest BCUT2D eigenvalue weighted by atomic mass is 32.1. The topological polar surface area (TPSA) is 62.2 Å². The number of thiazole rings is 1. The van der Waals surface area contributed by atoms with E-state index in [1.165, 1.54) is 0 Å². The van der Waals surface area contributed by atoms with Gasteiger partial charge in [-0.1, -0.05) is 24.3 Å². The number of aryl methyl sites for hydroxylation is 1. The van der Waals surface area contributed by atoms with Crippen LogP contribution in [0.3, 0.4) is 0 Å². The zero-order valence-electron chi connectivity index (χ0n) is 10.7. The van der Waals surface area contributed by atoms with Crippen LogP contribution in [0.2, 0.25) is 0 Å². The van der Waals surface area contributed by atoms with Crippen LogP contribution in [0.5, 0.6) is 0 Å². The summed E-state index contributed by atoms with van der Waals surface area (Å²) in [6.07, 6.45) is 0.0755. The molecule has 2 rings (SSSR count). The van der Waals surface area contributed by atoms with Gasteiger partial charge < -0.3 is 10.4 Å². The highest BCUT2D eigenvalue weighted by Gasteiger charge is 2.01. The molecule has 4 nitrogen and oxygen atoms in total. The number of nitrogens with one attached hydrogen (secondary N) is 1. The lowest BCUT2D eigenvalue weighted by atomic mass is 10.1. The van der Waals surface area contributed by atoms with Gasteiger partial charge >= 0.3 is 5.97 Å². The van der Waals surface area contributed by atoms with Gasteiger partial charge in [0.05, 0.1) is 6.42 Å². The molecule has 5 heteroatoms. The van der Waals surface area contributed by atoms with Gasteiger partial charge in [0.15, 0.2) is 0 Å². The maximum absolute atomic E-state index is 10.6. The number of carbonyl (C=O) groups is 1. The van der Waals surface area contributed by atoms with Crippen molar-refractivity contribution < 1.29 is 9.90 Å². The van der Waals surface area contributed by atoms with Gasteiger partial charge in [0.25, 0.3) is 0 Å². The first kappa shape index (κ1) is 13.7. The van der Waals surface area contributed by atoms with Gasteiger partial charge in [-0.3, -0.25) is 4.79 Å². The van der Waals surface area contributed by atoms with E-state index in [0.717, 1.165) is 34.9 Å². The molecule has 0 saturated heterocycles. The van der Waals surface area contributed by atoms with Crippen LogP contribution in [0.15, 0.2) is 29.6 Å². The minimum absolute atomic E-state index is 0.0755. The number of hydrogen-bond acceptors (Lipinski definition) is 4. The van der Waals surface area contributed by atoms with E-state index in [1.54, 1.807) is 11.3 Å². The molecule has 19 heavy (non-hydrogen) atoms. The highest BCUT2D eigenvalue weighted by molar-refractivity contribution is 7.09. The minimum atomic E-state index is -0.801. The first-order valence-corrected chi connectivity index (χ1v) is 6.93. The van der Waals surface area contributed by atoms with Crippen LogP contribution < -0.4 is 5.32 Å². The number of hydrogen-bond donors (Lipinski definition) is 2. The van der Waals surface area contributed by atoms with Crippen molar-refractivity contribution in [3.8, 4) is 0 Å². The maximum atomic E-state index is 10.6. The zero-order valence-corrected chi connectivity index (χ0v) is 11.5. The molecular formula is C14H16N2O2S. The molecule has 0 bridgehead atoms. The van der Waals surface area contributed by atoms with E-state index >= 15 is 0 Å². The Morgan fingerprint density at radius 1 is 1.26 bits per heavy atom. The summed E-state index contributed by atoms with van der Waals surface area (Å²) in [5.41, 5.74) is 3.02. The number of aromatic nitrogens is 1. The number of nitrogens with zero attached hydrogens (tertiary/aromatic N) is 1. The maximum Gasteiger partial charge on any atom is 0.307 e. The first-order valence-electron chi connectivity index (χ1n) is 6.05. The summed E-state index contributed by atoms with van der Waals surface area (Å²) in [7, 11) is 0. The van der Waals surface area contributed by atoms with Crippen LogP contribution in [-0.2, 0) is 24.3 Å². The van der Waals surface area contributed by atoms with Gasteiger partial charge in [-0.2, -0.15) is 0 Å². The van der Waals surface area contributed by atoms with E-state index in [9.17, 15) is 4.79 Å². The molecule has 1 heterocycles. The Balaban J connectivity index is 1.81. The average molecular weight is 276 g/mol. The van der Waals surface area contributed by atoms with Crippen molar-refractivity contribution in [2.45, 2.75) is 26.4 Å². The van der Waals surface area contributed by atoms with Crippen molar-refractivity contribution in [1.29, 1.82) is 0 Å². The number of aliphatic carboxylic acids is 1. The van der Waals surface area contributed by atoms with Crippen LogP contribution >= 0.6 is 11.3 Å². The third-order valence-electron chi connectivity index (χ3n) is 2.65.